The van der Waals surface area contributed by atoms with E-state index in [1.165, 1.54) is 22.3 Å². The van der Waals surface area contributed by atoms with Crippen molar-refractivity contribution in [1.29, 1.82) is 0 Å². The van der Waals surface area contributed by atoms with Gasteiger partial charge in [-0.1, -0.05) is 35.9 Å². The first-order chi connectivity index (χ1) is 18.4. The zero-order valence-corrected chi connectivity index (χ0v) is 21.7. The fourth-order valence-electron chi connectivity index (χ4n) is 6.52. The molecule has 0 spiro atoms. The van der Waals surface area contributed by atoms with Gasteiger partial charge in [-0.2, -0.15) is 0 Å². The van der Waals surface area contributed by atoms with Crippen molar-refractivity contribution in [3.63, 3.8) is 0 Å². The molecule has 4 atom stereocenters. The van der Waals surface area contributed by atoms with E-state index < -0.39 is 17.8 Å². The molecule has 38 heavy (non-hydrogen) atoms. The molecule has 0 bridgehead atoms. The van der Waals surface area contributed by atoms with E-state index in [2.05, 4.69) is 0 Å². The van der Waals surface area contributed by atoms with Crippen LogP contribution in [0, 0.1) is 17.8 Å². The lowest BCUT2D eigenvalue weighted by Crippen LogP contribution is -2.39. The molecule has 1 N–H and O–H groups in total. The van der Waals surface area contributed by atoms with Gasteiger partial charge in [-0.3, -0.25) is 24.1 Å². The second kappa shape index (κ2) is 9.60. The summed E-state index contributed by atoms with van der Waals surface area (Å²) in [6.07, 6.45) is 4.05. The number of amides is 2. The number of nitrogens with zero attached hydrogens (tertiary/aromatic N) is 1. The molecule has 1 aromatic heterocycles. The molecule has 0 radical (unpaired) electrons. The van der Waals surface area contributed by atoms with Crippen molar-refractivity contribution in [2.45, 2.75) is 32.2 Å². The summed E-state index contributed by atoms with van der Waals surface area (Å²) in [5, 5.41) is 11.3. The number of benzene rings is 1. The van der Waals surface area contributed by atoms with E-state index in [0.717, 1.165) is 10.5 Å². The smallest absolute Gasteiger partial charge is 0.234 e. The van der Waals surface area contributed by atoms with Gasteiger partial charge in [0.1, 0.15) is 12.4 Å². The van der Waals surface area contributed by atoms with Crippen LogP contribution in [0.2, 0.25) is 0 Å². The number of aliphatic hydroxyl groups is 1. The predicted molar refractivity (Wildman–Crippen MR) is 140 cm³/mol. The minimum absolute atomic E-state index is 0.0827. The molecule has 1 aromatic carbocycles. The number of thiophene rings is 1. The number of allylic oxidation sites excluding steroid dienone is 6. The number of hydrogen-bond donors (Lipinski definition) is 1. The molecular formula is C30H27NO6S. The lowest BCUT2D eigenvalue weighted by atomic mass is 9.59. The van der Waals surface area contributed by atoms with E-state index in [1.807, 2.05) is 41.8 Å². The van der Waals surface area contributed by atoms with E-state index in [-0.39, 0.29) is 55.5 Å². The highest BCUT2D eigenvalue weighted by atomic mass is 32.1. The van der Waals surface area contributed by atoms with Gasteiger partial charge in [-0.05, 0) is 49.3 Å². The first-order valence-electron chi connectivity index (χ1n) is 12.8. The number of fused-ring (bicyclic) bond motifs is 3. The molecule has 7 nitrogen and oxygen atoms in total. The van der Waals surface area contributed by atoms with Gasteiger partial charge in [0, 0.05) is 33.1 Å². The van der Waals surface area contributed by atoms with Crippen LogP contribution >= 0.6 is 11.3 Å². The third-order valence-electron chi connectivity index (χ3n) is 8.13. The van der Waals surface area contributed by atoms with Gasteiger partial charge in [-0.25, -0.2) is 0 Å². The predicted octanol–water partition coefficient (Wildman–Crippen LogP) is 3.75. The van der Waals surface area contributed by atoms with Crippen LogP contribution < -0.4 is 4.74 Å². The van der Waals surface area contributed by atoms with Crippen LogP contribution in [0.15, 0.2) is 76.2 Å². The highest BCUT2D eigenvalue weighted by Crippen LogP contribution is 2.56. The second-order valence-electron chi connectivity index (χ2n) is 10.2. The third-order valence-corrected chi connectivity index (χ3v) is 8.99. The number of hydrogen-bond acceptors (Lipinski definition) is 7. The highest BCUT2D eigenvalue weighted by molar-refractivity contribution is 7.09. The summed E-state index contributed by atoms with van der Waals surface area (Å²) >= 11 is 1.50. The largest absolute Gasteiger partial charge is 0.491 e. The van der Waals surface area contributed by atoms with Crippen molar-refractivity contribution >= 4 is 34.7 Å². The summed E-state index contributed by atoms with van der Waals surface area (Å²) in [6.45, 7) is 1.80. The zero-order valence-electron chi connectivity index (χ0n) is 20.9. The van der Waals surface area contributed by atoms with Gasteiger partial charge < -0.3 is 9.84 Å². The van der Waals surface area contributed by atoms with Crippen LogP contribution in [0.5, 0.6) is 5.75 Å². The van der Waals surface area contributed by atoms with Gasteiger partial charge in [0.25, 0.3) is 0 Å². The fourth-order valence-corrected chi connectivity index (χ4v) is 7.22. The monoisotopic (exact) mass is 529 g/mol. The maximum absolute atomic E-state index is 13.8. The van der Waals surface area contributed by atoms with E-state index >= 15 is 0 Å². The van der Waals surface area contributed by atoms with Crippen LogP contribution in [0.3, 0.4) is 0 Å². The first kappa shape index (κ1) is 24.7. The number of carbonyl (C=O) groups is 4. The van der Waals surface area contributed by atoms with Crippen LogP contribution in [-0.4, -0.2) is 46.6 Å². The Morgan fingerprint density at radius 3 is 2.63 bits per heavy atom. The standard InChI is InChI=1S/C30H27NO6S/c1-16-13-23(33)27-22(28(16)34)14-21-18(25(27)19-6-2-3-7-24(19)37-11-10-32)8-9-20-26(21)30(36)31(29(20)35)15-17-5-4-12-38-17/h2-8,12-13,20-21,25-26,32H,9-11,14-15H2,1H3. The molecular weight excluding hydrogens is 502 g/mol. The quantitative estimate of drug-likeness (QED) is 0.348. The van der Waals surface area contributed by atoms with E-state index in [0.29, 0.717) is 34.5 Å². The van der Waals surface area contributed by atoms with E-state index in [9.17, 15) is 24.3 Å². The topological polar surface area (TPSA) is 101 Å². The Balaban J connectivity index is 1.46. The molecule has 1 aliphatic heterocycles. The maximum atomic E-state index is 13.8. The molecule has 2 amide bonds. The first-order valence-corrected chi connectivity index (χ1v) is 13.7. The molecule has 1 saturated heterocycles. The maximum Gasteiger partial charge on any atom is 0.234 e. The molecule has 2 aromatic rings. The van der Waals surface area contributed by atoms with Gasteiger partial charge >= 0.3 is 0 Å². The Bertz CT molecular complexity index is 1450. The normalized spacial score (nSPS) is 26.6. The van der Waals surface area contributed by atoms with E-state index in [1.54, 1.807) is 13.0 Å². The summed E-state index contributed by atoms with van der Waals surface area (Å²) < 4.78 is 5.84. The summed E-state index contributed by atoms with van der Waals surface area (Å²) in [5.41, 5.74) is 2.83. The Morgan fingerprint density at radius 2 is 1.87 bits per heavy atom. The number of para-hydroxylation sites is 1. The van der Waals surface area contributed by atoms with Gasteiger partial charge in [0.15, 0.2) is 11.6 Å². The number of aliphatic hydroxyl groups excluding tert-OH is 1. The molecule has 4 aliphatic rings. The Labute approximate surface area is 224 Å². The Morgan fingerprint density at radius 1 is 1.05 bits per heavy atom. The summed E-state index contributed by atoms with van der Waals surface area (Å²) in [5.74, 6) is -2.29. The fraction of sp³-hybridized carbons (Fsp3) is 0.333. The van der Waals surface area contributed by atoms with E-state index in [4.69, 9.17) is 4.74 Å². The van der Waals surface area contributed by atoms with Crippen LogP contribution in [0.4, 0.5) is 0 Å². The Hall–Kier alpha value is -3.62. The van der Waals surface area contributed by atoms with Crippen LogP contribution in [0.25, 0.3) is 0 Å². The number of carbonyl (C=O) groups excluding carboxylic acids is 4. The van der Waals surface area contributed by atoms with Crippen molar-refractivity contribution in [3.05, 3.63) is 86.7 Å². The zero-order chi connectivity index (χ0) is 26.6. The summed E-state index contributed by atoms with van der Waals surface area (Å²) in [6, 6.07) is 11.1. The van der Waals surface area contributed by atoms with Crippen molar-refractivity contribution < 1.29 is 29.0 Å². The number of Topliss-reactive ketones (excluding diaryl/α,β-unsaturated/α-hetero) is 1. The lowest BCUT2D eigenvalue weighted by molar-refractivity contribution is -0.140. The molecule has 3 aliphatic carbocycles. The van der Waals surface area contributed by atoms with Crippen LogP contribution in [-0.2, 0) is 25.7 Å². The second-order valence-corrected chi connectivity index (χ2v) is 11.2. The minimum Gasteiger partial charge on any atom is -0.491 e. The average molecular weight is 530 g/mol. The minimum atomic E-state index is -0.585. The molecule has 6 rings (SSSR count). The van der Waals surface area contributed by atoms with Crippen molar-refractivity contribution in [1.82, 2.24) is 4.90 Å². The number of likely N-dealkylation sites (tertiary alicyclic amines) is 1. The molecule has 0 saturated carbocycles. The number of ketones is 2. The molecule has 2 heterocycles. The third kappa shape index (κ3) is 3.82. The van der Waals surface area contributed by atoms with Crippen LogP contribution in [0.1, 0.15) is 36.1 Å². The lowest BCUT2D eigenvalue weighted by Gasteiger charge is -2.42. The SMILES string of the molecule is CC1=CC(=O)C2=C(CC3C(=CCC4C(=O)N(Cc5cccs5)C(=O)C43)C2c2ccccc2OCCO)C1=O. The Kier molecular flexibility index (Phi) is 6.24. The molecule has 1 fully saturated rings. The highest BCUT2D eigenvalue weighted by Gasteiger charge is 2.56. The van der Waals surface area contributed by atoms with Gasteiger partial charge in [0.2, 0.25) is 11.8 Å². The van der Waals surface area contributed by atoms with Gasteiger partial charge in [0.05, 0.1) is 25.0 Å². The number of rotatable bonds is 6. The number of ether oxygens (including phenoxy) is 1. The van der Waals surface area contributed by atoms with Crippen molar-refractivity contribution in [2.75, 3.05) is 13.2 Å². The molecule has 8 heteroatoms. The molecule has 4 unspecified atom stereocenters. The number of imide groups is 1. The average Bonchev–Trinajstić information content (AvgIpc) is 3.52. The van der Waals surface area contributed by atoms with Crippen molar-refractivity contribution in [2.24, 2.45) is 17.8 Å². The van der Waals surface area contributed by atoms with Gasteiger partial charge in [-0.15, -0.1) is 11.3 Å². The molecule has 194 valence electrons. The van der Waals surface area contributed by atoms with Crippen molar-refractivity contribution in [3.8, 4) is 5.75 Å². The summed E-state index contributed by atoms with van der Waals surface area (Å²) in [4.78, 5) is 56.4. The summed E-state index contributed by atoms with van der Waals surface area (Å²) in [7, 11) is 0.